The first-order chi connectivity index (χ1) is 12.5. The highest BCUT2D eigenvalue weighted by Crippen LogP contribution is 2.25. The summed E-state index contributed by atoms with van der Waals surface area (Å²) in [6, 6.07) is 0. The largest absolute Gasteiger partial charge is 0.467 e. The van der Waals surface area contributed by atoms with Crippen molar-refractivity contribution in [3.63, 3.8) is 0 Å². The van der Waals surface area contributed by atoms with E-state index in [0.717, 1.165) is 7.11 Å². The molecule has 0 amide bonds. The summed E-state index contributed by atoms with van der Waals surface area (Å²) >= 11 is 0. The van der Waals surface area contributed by atoms with Gasteiger partial charge in [-0.1, -0.05) is 5.21 Å². The van der Waals surface area contributed by atoms with Crippen molar-refractivity contribution in [3.8, 4) is 0 Å². The third-order valence-corrected chi connectivity index (χ3v) is 3.83. The number of aliphatic hydroxyl groups is 3. The number of nitrogens with two attached hydrogens (primary N) is 1. The predicted molar refractivity (Wildman–Crippen MR) is 85.4 cm³/mol. The van der Waals surface area contributed by atoms with Gasteiger partial charge in [-0.05, 0) is 0 Å². The average Bonchev–Trinajstić information content (AvgIpc) is 3.21. The molecule has 148 valence electrons. The zero-order valence-corrected chi connectivity index (χ0v) is 14.4. The van der Waals surface area contributed by atoms with Crippen molar-refractivity contribution >= 4 is 5.97 Å². The molecule has 0 saturated carbocycles. The Balaban J connectivity index is 1.82. The standard InChI is InChI=1S/C14H25N5O7/c1-24-13(23)11(22)12-9(20)10(21)14(26-12)25-7-8-6-19(18-17-8)5-4-16-3-2-15/h6,9-12,14,16,20-22H,2-5,7,15H2,1H3/t9-,10-,11?,12-,14-/m1/s1. The molecule has 2 rings (SSSR count). The molecular formula is C14H25N5O7. The van der Waals surface area contributed by atoms with E-state index in [1.165, 1.54) is 0 Å². The monoisotopic (exact) mass is 375 g/mol. The predicted octanol–water partition coefficient (Wildman–Crippen LogP) is -3.68. The molecule has 1 aliphatic rings. The van der Waals surface area contributed by atoms with Gasteiger partial charge in [0.1, 0.15) is 24.0 Å². The lowest BCUT2D eigenvalue weighted by atomic mass is 10.1. The van der Waals surface area contributed by atoms with Crippen LogP contribution in [-0.2, 0) is 32.2 Å². The summed E-state index contributed by atoms with van der Waals surface area (Å²) in [7, 11) is 1.09. The SMILES string of the molecule is COC(=O)C(O)[C@@H]1O[C@@H](OCc2cn(CCNCCN)nn2)[C@H](O)[C@H]1O. The summed E-state index contributed by atoms with van der Waals surface area (Å²) in [5.74, 6) is -0.979. The average molecular weight is 375 g/mol. The number of nitrogens with zero attached hydrogens (tertiary/aromatic N) is 3. The number of hydrogen-bond donors (Lipinski definition) is 5. The van der Waals surface area contributed by atoms with Crippen LogP contribution in [0.4, 0.5) is 0 Å². The molecule has 0 spiro atoms. The molecule has 1 fully saturated rings. The van der Waals surface area contributed by atoms with Gasteiger partial charge < -0.3 is 40.6 Å². The van der Waals surface area contributed by atoms with E-state index in [-0.39, 0.29) is 6.61 Å². The minimum absolute atomic E-state index is 0.0360. The Bertz CT molecular complexity index is 572. The van der Waals surface area contributed by atoms with Crippen LogP contribution in [0, 0.1) is 0 Å². The lowest BCUT2D eigenvalue weighted by Crippen LogP contribution is -2.43. The number of esters is 1. The molecule has 1 aromatic heterocycles. The third-order valence-electron chi connectivity index (χ3n) is 3.83. The quantitative estimate of drug-likeness (QED) is 0.201. The van der Waals surface area contributed by atoms with Gasteiger partial charge in [0.15, 0.2) is 12.4 Å². The highest BCUT2D eigenvalue weighted by atomic mass is 16.7. The molecule has 1 aromatic rings. The molecule has 12 nitrogen and oxygen atoms in total. The maximum Gasteiger partial charge on any atom is 0.337 e. The molecule has 1 aliphatic heterocycles. The zero-order chi connectivity index (χ0) is 19.1. The Morgan fingerprint density at radius 3 is 2.92 bits per heavy atom. The maximum atomic E-state index is 11.3. The highest BCUT2D eigenvalue weighted by Gasteiger charge is 2.49. The lowest BCUT2D eigenvalue weighted by molar-refractivity contribution is -0.191. The van der Waals surface area contributed by atoms with Crippen LogP contribution in [0.25, 0.3) is 0 Å². The van der Waals surface area contributed by atoms with Gasteiger partial charge in [0.2, 0.25) is 0 Å². The van der Waals surface area contributed by atoms with E-state index < -0.39 is 36.7 Å². The van der Waals surface area contributed by atoms with E-state index in [0.29, 0.717) is 31.9 Å². The summed E-state index contributed by atoms with van der Waals surface area (Å²) in [6.45, 7) is 2.51. The molecule has 6 N–H and O–H groups in total. The summed E-state index contributed by atoms with van der Waals surface area (Å²) in [5, 5.41) is 40.6. The lowest BCUT2D eigenvalue weighted by Gasteiger charge is -2.18. The molecule has 26 heavy (non-hydrogen) atoms. The van der Waals surface area contributed by atoms with Crippen LogP contribution in [0.2, 0.25) is 0 Å². The molecule has 12 heteroatoms. The van der Waals surface area contributed by atoms with Crippen LogP contribution < -0.4 is 11.1 Å². The van der Waals surface area contributed by atoms with Crippen molar-refractivity contribution in [2.24, 2.45) is 5.73 Å². The van der Waals surface area contributed by atoms with Gasteiger partial charge in [-0.25, -0.2) is 4.79 Å². The van der Waals surface area contributed by atoms with E-state index >= 15 is 0 Å². The van der Waals surface area contributed by atoms with Gasteiger partial charge in [-0.3, -0.25) is 4.68 Å². The summed E-state index contributed by atoms with van der Waals surface area (Å²) in [4.78, 5) is 11.3. The number of aromatic nitrogens is 3. The first kappa shape index (κ1) is 20.6. The zero-order valence-electron chi connectivity index (χ0n) is 14.4. The maximum absolute atomic E-state index is 11.3. The fourth-order valence-electron chi connectivity index (χ4n) is 2.43. The smallest absolute Gasteiger partial charge is 0.337 e. The molecule has 0 aromatic carbocycles. The second-order valence-electron chi connectivity index (χ2n) is 5.74. The molecule has 0 radical (unpaired) electrons. The van der Waals surface area contributed by atoms with E-state index in [1.807, 2.05) is 0 Å². The van der Waals surface area contributed by atoms with Crippen molar-refractivity contribution in [2.75, 3.05) is 26.7 Å². The summed E-state index contributed by atoms with van der Waals surface area (Å²) in [6.07, 6.45) is -5.59. The first-order valence-corrected chi connectivity index (χ1v) is 8.16. The van der Waals surface area contributed by atoms with E-state index in [1.54, 1.807) is 10.9 Å². The number of nitrogens with one attached hydrogen (secondary N) is 1. The third kappa shape index (κ3) is 5.17. The van der Waals surface area contributed by atoms with Gasteiger partial charge in [0.25, 0.3) is 0 Å². The molecule has 2 heterocycles. The molecule has 0 bridgehead atoms. The highest BCUT2D eigenvalue weighted by molar-refractivity contribution is 5.75. The molecule has 1 unspecified atom stereocenters. The fraction of sp³-hybridized carbons (Fsp3) is 0.786. The van der Waals surface area contributed by atoms with Gasteiger partial charge in [0.05, 0.1) is 26.5 Å². The number of ether oxygens (including phenoxy) is 3. The topological polar surface area (TPSA) is 174 Å². The van der Waals surface area contributed by atoms with Gasteiger partial charge >= 0.3 is 5.97 Å². The Kier molecular flexibility index (Phi) is 7.84. The van der Waals surface area contributed by atoms with E-state index in [9.17, 15) is 20.1 Å². The summed E-state index contributed by atoms with van der Waals surface area (Å²) < 4.78 is 16.6. The Morgan fingerprint density at radius 1 is 1.46 bits per heavy atom. The van der Waals surface area contributed by atoms with Crippen LogP contribution in [0.1, 0.15) is 5.69 Å². The molecule has 5 atom stereocenters. The summed E-state index contributed by atoms with van der Waals surface area (Å²) in [5.41, 5.74) is 5.87. The second-order valence-corrected chi connectivity index (χ2v) is 5.74. The number of hydrogen-bond acceptors (Lipinski definition) is 11. The van der Waals surface area contributed by atoms with Gasteiger partial charge in [-0.15, -0.1) is 5.10 Å². The number of rotatable bonds is 10. The van der Waals surface area contributed by atoms with Crippen molar-refractivity contribution < 1.29 is 34.3 Å². The molecular weight excluding hydrogens is 350 g/mol. The van der Waals surface area contributed by atoms with Crippen molar-refractivity contribution in [3.05, 3.63) is 11.9 Å². The Hall–Kier alpha value is -1.67. The minimum atomic E-state index is -1.74. The van der Waals surface area contributed by atoms with Gasteiger partial charge in [0, 0.05) is 19.6 Å². The van der Waals surface area contributed by atoms with Crippen LogP contribution in [0.5, 0.6) is 0 Å². The molecule has 0 aliphatic carbocycles. The fourth-order valence-corrected chi connectivity index (χ4v) is 2.43. The van der Waals surface area contributed by atoms with Crippen LogP contribution in [0.15, 0.2) is 6.20 Å². The van der Waals surface area contributed by atoms with Crippen molar-refractivity contribution in [1.82, 2.24) is 20.3 Å². The number of carbonyl (C=O) groups excluding carboxylic acids is 1. The van der Waals surface area contributed by atoms with E-state index in [4.69, 9.17) is 15.2 Å². The van der Waals surface area contributed by atoms with Crippen LogP contribution in [-0.4, -0.2) is 93.7 Å². The molecule has 1 saturated heterocycles. The van der Waals surface area contributed by atoms with E-state index in [2.05, 4.69) is 20.4 Å². The van der Waals surface area contributed by atoms with Gasteiger partial charge in [-0.2, -0.15) is 0 Å². The minimum Gasteiger partial charge on any atom is -0.467 e. The normalized spacial score (nSPS) is 26.8. The Morgan fingerprint density at radius 2 is 2.23 bits per heavy atom. The van der Waals surface area contributed by atoms with Crippen molar-refractivity contribution in [2.45, 2.75) is 43.9 Å². The first-order valence-electron chi connectivity index (χ1n) is 8.16. The van der Waals surface area contributed by atoms with Crippen molar-refractivity contribution in [1.29, 1.82) is 0 Å². The second kappa shape index (κ2) is 9.87. The Labute approximate surface area is 149 Å². The number of methoxy groups -OCH3 is 1. The number of carbonyl (C=O) groups is 1. The van der Waals surface area contributed by atoms with Crippen LogP contribution >= 0.6 is 0 Å². The number of aliphatic hydroxyl groups excluding tert-OH is 3. The van der Waals surface area contributed by atoms with Crippen LogP contribution in [0.3, 0.4) is 0 Å².